The van der Waals surface area contributed by atoms with Crippen LogP contribution >= 0.6 is 11.5 Å². The van der Waals surface area contributed by atoms with Crippen LogP contribution in [0.1, 0.15) is 39.4 Å². The van der Waals surface area contributed by atoms with Crippen LogP contribution in [0.3, 0.4) is 0 Å². The van der Waals surface area contributed by atoms with Crippen LogP contribution in [0, 0.1) is 11.7 Å². The van der Waals surface area contributed by atoms with Gasteiger partial charge in [-0.1, -0.05) is 26.8 Å². The number of urea groups is 1. The Kier molecular flexibility index (Phi) is 5.94. The summed E-state index contributed by atoms with van der Waals surface area (Å²) in [5, 5.41) is 6.50. The Morgan fingerprint density at radius 2 is 2.22 bits per heavy atom. The first-order valence-corrected chi connectivity index (χ1v) is 9.98. The fraction of sp³-hybridized carbons (Fsp3) is 0.526. The number of benzene rings is 1. The van der Waals surface area contributed by atoms with Gasteiger partial charge in [0.15, 0.2) is 0 Å². The zero-order valence-corrected chi connectivity index (χ0v) is 16.8. The predicted octanol–water partition coefficient (Wildman–Crippen LogP) is 4.01. The first-order chi connectivity index (χ1) is 12.8. The van der Waals surface area contributed by atoms with Crippen LogP contribution in [-0.4, -0.2) is 35.0 Å². The van der Waals surface area contributed by atoms with Crippen molar-refractivity contribution in [3.8, 4) is 0 Å². The second kappa shape index (κ2) is 8.21. The van der Waals surface area contributed by atoms with Gasteiger partial charge < -0.3 is 15.5 Å². The number of carbonyl (C=O) groups excluding carboxylic acids is 1. The number of halogens is 1. The molecule has 2 aromatic rings. The summed E-state index contributed by atoms with van der Waals surface area (Å²) in [5.74, 6) is 0.846. The summed E-state index contributed by atoms with van der Waals surface area (Å²) >= 11 is 1.44. The van der Waals surface area contributed by atoms with Gasteiger partial charge in [-0.15, -0.1) is 0 Å². The maximum absolute atomic E-state index is 13.2. The van der Waals surface area contributed by atoms with Gasteiger partial charge in [0.1, 0.15) is 11.6 Å². The van der Waals surface area contributed by atoms with Crippen molar-refractivity contribution in [3.63, 3.8) is 0 Å². The SMILES string of the molecule is CC(C)(C)c1nsc(N2CCCC(CNC(=O)Nc3cccc(F)c3)C2)n1. The van der Waals surface area contributed by atoms with Gasteiger partial charge >= 0.3 is 6.03 Å². The van der Waals surface area contributed by atoms with Crippen molar-refractivity contribution in [2.24, 2.45) is 5.92 Å². The molecular formula is C19H26FN5OS. The summed E-state index contributed by atoms with van der Waals surface area (Å²) in [6.07, 6.45) is 2.12. The molecule has 1 saturated heterocycles. The Hall–Kier alpha value is -2.22. The second-order valence-corrected chi connectivity index (χ2v) is 8.68. The molecule has 0 saturated carbocycles. The minimum atomic E-state index is -0.373. The van der Waals surface area contributed by atoms with Crippen molar-refractivity contribution in [2.75, 3.05) is 29.9 Å². The third-order valence-corrected chi connectivity index (χ3v) is 5.29. The van der Waals surface area contributed by atoms with E-state index in [1.54, 1.807) is 12.1 Å². The molecule has 3 rings (SSSR count). The van der Waals surface area contributed by atoms with Crippen LogP contribution in [0.2, 0.25) is 0 Å². The summed E-state index contributed by atoms with van der Waals surface area (Å²) in [6.45, 7) is 8.71. The highest BCUT2D eigenvalue weighted by Crippen LogP contribution is 2.28. The molecule has 1 fully saturated rings. The van der Waals surface area contributed by atoms with Gasteiger partial charge in [-0.3, -0.25) is 0 Å². The molecule has 1 aromatic carbocycles. The Bertz CT molecular complexity index is 788. The third kappa shape index (κ3) is 5.38. The van der Waals surface area contributed by atoms with Gasteiger partial charge in [0, 0.05) is 42.3 Å². The molecule has 2 heterocycles. The van der Waals surface area contributed by atoms with Crippen molar-refractivity contribution in [1.29, 1.82) is 0 Å². The summed E-state index contributed by atoms with van der Waals surface area (Å²) in [7, 11) is 0. The number of carbonyl (C=O) groups is 1. The number of piperidine rings is 1. The number of hydrogen-bond donors (Lipinski definition) is 2. The Morgan fingerprint density at radius 3 is 2.93 bits per heavy atom. The van der Waals surface area contributed by atoms with Gasteiger partial charge in [-0.2, -0.15) is 4.37 Å². The lowest BCUT2D eigenvalue weighted by Gasteiger charge is -2.32. The number of aromatic nitrogens is 2. The molecule has 1 unspecified atom stereocenters. The zero-order valence-electron chi connectivity index (χ0n) is 16.0. The molecule has 146 valence electrons. The smallest absolute Gasteiger partial charge is 0.319 e. The number of nitrogens with zero attached hydrogens (tertiary/aromatic N) is 3. The van der Waals surface area contributed by atoms with E-state index in [1.165, 1.54) is 23.7 Å². The molecule has 8 heteroatoms. The van der Waals surface area contributed by atoms with Crippen molar-refractivity contribution in [2.45, 2.75) is 39.0 Å². The normalized spacial score (nSPS) is 17.6. The topological polar surface area (TPSA) is 70.2 Å². The van der Waals surface area contributed by atoms with E-state index in [4.69, 9.17) is 4.98 Å². The molecule has 1 aliphatic heterocycles. The molecule has 2 N–H and O–H groups in total. The molecule has 1 atom stereocenters. The van der Waals surface area contributed by atoms with E-state index in [9.17, 15) is 9.18 Å². The molecule has 0 spiro atoms. The largest absolute Gasteiger partial charge is 0.347 e. The third-order valence-electron chi connectivity index (χ3n) is 4.51. The lowest BCUT2D eigenvalue weighted by atomic mass is 9.96. The molecule has 1 aromatic heterocycles. The van der Waals surface area contributed by atoms with Crippen LogP contribution in [0.15, 0.2) is 24.3 Å². The van der Waals surface area contributed by atoms with Crippen LogP contribution < -0.4 is 15.5 Å². The Morgan fingerprint density at radius 1 is 1.41 bits per heavy atom. The highest BCUT2D eigenvalue weighted by atomic mass is 32.1. The van der Waals surface area contributed by atoms with E-state index in [1.807, 2.05) is 0 Å². The lowest BCUT2D eigenvalue weighted by Crippen LogP contribution is -2.42. The van der Waals surface area contributed by atoms with E-state index in [0.29, 0.717) is 18.2 Å². The number of nitrogens with one attached hydrogen (secondary N) is 2. The molecule has 27 heavy (non-hydrogen) atoms. The molecule has 6 nitrogen and oxygen atoms in total. The summed E-state index contributed by atoms with van der Waals surface area (Å²) in [6, 6.07) is 5.55. The average molecular weight is 392 g/mol. The van der Waals surface area contributed by atoms with Gasteiger partial charge in [0.05, 0.1) is 0 Å². The molecule has 0 bridgehead atoms. The van der Waals surface area contributed by atoms with Gasteiger partial charge in [0.2, 0.25) is 5.13 Å². The van der Waals surface area contributed by atoms with Crippen LogP contribution in [-0.2, 0) is 5.41 Å². The van der Waals surface area contributed by atoms with Gasteiger partial charge in [0.25, 0.3) is 0 Å². The van der Waals surface area contributed by atoms with Crippen LogP contribution in [0.25, 0.3) is 0 Å². The predicted molar refractivity (Wildman–Crippen MR) is 107 cm³/mol. The molecule has 0 radical (unpaired) electrons. The maximum Gasteiger partial charge on any atom is 0.319 e. The molecule has 1 aliphatic rings. The monoisotopic (exact) mass is 391 g/mol. The minimum absolute atomic E-state index is 0.0551. The van der Waals surface area contributed by atoms with E-state index < -0.39 is 0 Å². The average Bonchev–Trinajstić information content (AvgIpc) is 3.11. The summed E-state index contributed by atoms with van der Waals surface area (Å²) < 4.78 is 17.7. The number of rotatable bonds is 4. The van der Waals surface area contributed by atoms with Crippen LogP contribution in [0.4, 0.5) is 20.0 Å². The number of amides is 2. The zero-order chi connectivity index (χ0) is 19.4. The minimum Gasteiger partial charge on any atom is -0.347 e. The van der Waals surface area contributed by atoms with E-state index >= 15 is 0 Å². The Balaban J connectivity index is 1.51. The fourth-order valence-electron chi connectivity index (χ4n) is 3.03. The first-order valence-electron chi connectivity index (χ1n) is 9.21. The van der Waals surface area contributed by atoms with E-state index in [-0.39, 0.29) is 17.3 Å². The molecule has 0 aliphatic carbocycles. The standard InChI is InChI=1S/C19H26FN5OS/c1-19(2,3)16-23-18(27-24-16)25-9-5-6-13(12-25)11-21-17(26)22-15-8-4-7-14(20)10-15/h4,7-8,10,13H,5-6,9,11-12H2,1-3H3,(H2,21,22,26). The van der Waals surface area contributed by atoms with Gasteiger partial charge in [-0.25, -0.2) is 14.2 Å². The number of hydrogen-bond acceptors (Lipinski definition) is 5. The molecular weight excluding hydrogens is 365 g/mol. The molecule has 2 amide bonds. The van der Waals surface area contributed by atoms with E-state index in [2.05, 4.69) is 40.7 Å². The van der Waals surface area contributed by atoms with Crippen molar-refractivity contribution in [1.82, 2.24) is 14.7 Å². The highest BCUT2D eigenvalue weighted by Gasteiger charge is 2.25. The van der Waals surface area contributed by atoms with Gasteiger partial charge in [-0.05, 0) is 37.0 Å². The maximum atomic E-state index is 13.2. The Labute approximate surface area is 163 Å². The van der Waals surface area contributed by atoms with Crippen molar-refractivity contribution >= 4 is 28.4 Å². The second-order valence-electron chi connectivity index (χ2n) is 7.95. The summed E-state index contributed by atoms with van der Waals surface area (Å²) in [5.41, 5.74) is 0.391. The van der Waals surface area contributed by atoms with Crippen molar-refractivity contribution < 1.29 is 9.18 Å². The van der Waals surface area contributed by atoms with Crippen LogP contribution in [0.5, 0.6) is 0 Å². The van der Waals surface area contributed by atoms with Crippen molar-refractivity contribution in [3.05, 3.63) is 35.9 Å². The highest BCUT2D eigenvalue weighted by molar-refractivity contribution is 7.09. The quantitative estimate of drug-likeness (QED) is 0.826. The lowest BCUT2D eigenvalue weighted by molar-refractivity contribution is 0.249. The first kappa shape index (κ1) is 19.5. The van der Waals surface area contributed by atoms with E-state index in [0.717, 1.165) is 36.9 Å². The summed E-state index contributed by atoms with van der Waals surface area (Å²) in [4.78, 5) is 19.0. The fourth-order valence-corrected chi connectivity index (χ4v) is 3.92. The number of anilines is 2.